The number of ether oxygens (including phenoxy) is 1. The maximum Gasteiger partial charge on any atom is 0.250 e. The summed E-state index contributed by atoms with van der Waals surface area (Å²) in [5.74, 6) is 1.51. The molecule has 1 aliphatic rings. The smallest absolute Gasteiger partial charge is 0.250 e. The van der Waals surface area contributed by atoms with Crippen LogP contribution < -0.4 is 10.9 Å². The number of benzene rings is 1. The summed E-state index contributed by atoms with van der Waals surface area (Å²) in [6.07, 6.45) is 3.09. The second-order valence-electron chi connectivity index (χ2n) is 7.94. The predicted molar refractivity (Wildman–Crippen MR) is 122 cm³/mol. The molecule has 1 aromatic heterocycles. The van der Waals surface area contributed by atoms with Crippen molar-refractivity contribution in [3.63, 3.8) is 0 Å². The number of rotatable bonds is 9. The number of nitrogens with zero attached hydrogens (tertiary/aromatic N) is 3. The van der Waals surface area contributed by atoms with Gasteiger partial charge in [0.15, 0.2) is 5.96 Å². The Morgan fingerprint density at radius 2 is 2.00 bits per heavy atom. The van der Waals surface area contributed by atoms with Crippen molar-refractivity contribution < 1.29 is 4.74 Å². The summed E-state index contributed by atoms with van der Waals surface area (Å²) in [7, 11) is 1.84. The molecule has 0 saturated carbocycles. The van der Waals surface area contributed by atoms with Gasteiger partial charge in [0.05, 0.1) is 13.2 Å². The molecule has 2 heterocycles. The van der Waals surface area contributed by atoms with Gasteiger partial charge in [-0.3, -0.25) is 9.79 Å². The lowest BCUT2D eigenvalue weighted by atomic mass is 10.1. The summed E-state index contributed by atoms with van der Waals surface area (Å²) in [6, 6.07) is 15.7. The Bertz CT molecular complexity index is 863. The van der Waals surface area contributed by atoms with Crippen molar-refractivity contribution in [1.29, 1.82) is 0 Å². The van der Waals surface area contributed by atoms with E-state index in [1.54, 1.807) is 6.07 Å². The van der Waals surface area contributed by atoms with Crippen molar-refractivity contribution in [1.82, 2.24) is 14.8 Å². The number of pyridine rings is 1. The molecule has 0 amide bonds. The van der Waals surface area contributed by atoms with E-state index in [0.29, 0.717) is 12.5 Å². The van der Waals surface area contributed by atoms with Gasteiger partial charge in [-0.15, -0.1) is 0 Å². The van der Waals surface area contributed by atoms with Crippen molar-refractivity contribution in [2.45, 2.75) is 39.3 Å². The van der Waals surface area contributed by atoms with Gasteiger partial charge in [-0.2, -0.15) is 0 Å². The van der Waals surface area contributed by atoms with Gasteiger partial charge in [0.2, 0.25) is 0 Å². The molecule has 1 aliphatic heterocycles. The molecule has 1 aromatic carbocycles. The van der Waals surface area contributed by atoms with Gasteiger partial charge >= 0.3 is 0 Å². The first-order valence-electron chi connectivity index (χ1n) is 10.9. The van der Waals surface area contributed by atoms with Crippen LogP contribution in [-0.4, -0.2) is 48.7 Å². The first-order valence-corrected chi connectivity index (χ1v) is 10.9. The van der Waals surface area contributed by atoms with Crippen LogP contribution in [0, 0.1) is 12.8 Å². The highest BCUT2D eigenvalue weighted by atomic mass is 16.5. The Morgan fingerprint density at radius 1 is 1.17 bits per heavy atom. The fourth-order valence-electron chi connectivity index (χ4n) is 3.92. The van der Waals surface area contributed by atoms with E-state index in [1.165, 1.54) is 5.56 Å². The summed E-state index contributed by atoms with van der Waals surface area (Å²) < 4.78 is 7.77. The third-order valence-corrected chi connectivity index (χ3v) is 5.62. The van der Waals surface area contributed by atoms with Crippen molar-refractivity contribution in [3.05, 3.63) is 70.1 Å². The lowest BCUT2D eigenvalue weighted by molar-refractivity contribution is 0.0907. The van der Waals surface area contributed by atoms with Crippen LogP contribution in [0.25, 0.3) is 0 Å². The van der Waals surface area contributed by atoms with Crippen molar-refractivity contribution in [3.8, 4) is 0 Å². The average Bonchev–Trinajstić information content (AvgIpc) is 3.22. The highest BCUT2D eigenvalue weighted by molar-refractivity contribution is 5.80. The van der Waals surface area contributed by atoms with Crippen molar-refractivity contribution >= 4 is 5.96 Å². The van der Waals surface area contributed by atoms with E-state index in [1.807, 2.05) is 48.9 Å². The number of hydrogen-bond donors (Lipinski definition) is 1. The number of aliphatic imine (C=N–C) groups is 1. The number of guanidine groups is 1. The summed E-state index contributed by atoms with van der Waals surface area (Å²) in [5, 5.41) is 3.48. The van der Waals surface area contributed by atoms with Crippen LogP contribution in [0.4, 0.5) is 0 Å². The van der Waals surface area contributed by atoms with E-state index >= 15 is 0 Å². The standard InChI is InChI=1S/C24H34N4O2/c1-20-9-8-12-23(29)28(20)15-7-6-14-26-24(25-2)27-16-13-22(17-27)19-30-18-21-10-4-3-5-11-21/h3-5,8-12,22H,6-7,13-19H2,1-2H3,(H,25,26). The highest BCUT2D eigenvalue weighted by Crippen LogP contribution is 2.17. The normalized spacial score (nSPS) is 16.8. The van der Waals surface area contributed by atoms with Gasteiger partial charge in [0.25, 0.3) is 5.56 Å². The van der Waals surface area contributed by atoms with Crippen LogP contribution >= 0.6 is 0 Å². The summed E-state index contributed by atoms with van der Waals surface area (Å²) in [5.41, 5.74) is 2.32. The molecule has 6 heteroatoms. The van der Waals surface area contributed by atoms with Crippen LogP contribution in [0.1, 0.15) is 30.5 Å². The second kappa shape index (κ2) is 11.6. The molecule has 2 aromatic rings. The number of likely N-dealkylation sites (tertiary alicyclic amines) is 1. The molecule has 1 fully saturated rings. The Morgan fingerprint density at radius 3 is 2.77 bits per heavy atom. The van der Waals surface area contributed by atoms with Gasteiger partial charge in [-0.25, -0.2) is 0 Å². The molecule has 0 spiro atoms. The number of aromatic nitrogens is 1. The first kappa shape index (κ1) is 22.1. The van der Waals surface area contributed by atoms with E-state index in [9.17, 15) is 4.79 Å². The van der Waals surface area contributed by atoms with Gasteiger partial charge in [0, 0.05) is 50.9 Å². The zero-order chi connectivity index (χ0) is 21.2. The van der Waals surface area contributed by atoms with Crippen LogP contribution in [0.15, 0.2) is 58.3 Å². The SMILES string of the molecule is CN=C(NCCCCn1c(C)cccc1=O)N1CCC(COCc2ccccc2)C1. The lowest BCUT2D eigenvalue weighted by Crippen LogP contribution is -2.40. The minimum absolute atomic E-state index is 0.0800. The molecule has 162 valence electrons. The quantitative estimate of drug-likeness (QED) is 0.392. The summed E-state index contributed by atoms with van der Waals surface area (Å²) in [4.78, 5) is 18.7. The van der Waals surface area contributed by atoms with Crippen molar-refractivity contribution in [2.24, 2.45) is 10.9 Å². The van der Waals surface area contributed by atoms with Gasteiger partial charge < -0.3 is 19.5 Å². The number of unbranched alkanes of at least 4 members (excludes halogenated alkanes) is 1. The summed E-state index contributed by atoms with van der Waals surface area (Å²) >= 11 is 0. The van der Waals surface area contributed by atoms with E-state index in [0.717, 1.165) is 63.7 Å². The minimum Gasteiger partial charge on any atom is -0.376 e. The van der Waals surface area contributed by atoms with Crippen molar-refractivity contribution in [2.75, 3.05) is 33.3 Å². The van der Waals surface area contributed by atoms with E-state index in [-0.39, 0.29) is 5.56 Å². The number of nitrogens with one attached hydrogen (secondary N) is 1. The molecular formula is C24H34N4O2. The number of hydrogen-bond acceptors (Lipinski definition) is 3. The topological polar surface area (TPSA) is 58.9 Å². The molecular weight excluding hydrogens is 376 g/mol. The fraction of sp³-hybridized carbons (Fsp3) is 0.500. The Hall–Kier alpha value is -2.60. The summed E-state index contributed by atoms with van der Waals surface area (Å²) in [6.45, 7) is 7.05. The second-order valence-corrected chi connectivity index (χ2v) is 7.94. The molecule has 0 aliphatic carbocycles. The fourth-order valence-corrected chi connectivity index (χ4v) is 3.92. The van der Waals surface area contributed by atoms with Crippen LogP contribution in [0.2, 0.25) is 0 Å². The molecule has 1 atom stereocenters. The van der Waals surface area contributed by atoms with Crippen LogP contribution in [0.3, 0.4) is 0 Å². The predicted octanol–water partition coefficient (Wildman–Crippen LogP) is 3.05. The van der Waals surface area contributed by atoms with Crippen LogP contribution in [-0.2, 0) is 17.9 Å². The molecule has 1 N–H and O–H groups in total. The first-order chi connectivity index (χ1) is 14.7. The van der Waals surface area contributed by atoms with E-state index < -0.39 is 0 Å². The molecule has 1 saturated heterocycles. The zero-order valence-electron chi connectivity index (χ0n) is 18.2. The lowest BCUT2D eigenvalue weighted by Gasteiger charge is -2.22. The maximum absolute atomic E-state index is 11.9. The third kappa shape index (κ3) is 6.46. The molecule has 0 radical (unpaired) electrons. The Labute approximate surface area is 179 Å². The molecule has 1 unspecified atom stereocenters. The highest BCUT2D eigenvalue weighted by Gasteiger charge is 2.24. The molecule has 30 heavy (non-hydrogen) atoms. The average molecular weight is 411 g/mol. The molecule has 6 nitrogen and oxygen atoms in total. The maximum atomic E-state index is 11.9. The Kier molecular flexibility index (Phi) is 8.51. The monoisotopic (exact) mass is 410 g/mol. The third-order valence-electron chi connectivity index (χ3n) is 5.62. The number of aryl methyl sites for hydroxylation is 1. The van der Waals surface area contributed by atoms with Gasteiger partial charge in [-0.1, -0.05) is 36.4 Å². The van der Waals surface area contributed by atoms with Gasteiger partial charge in [0.1, 0.15) is 0 Å². The van der Waals surface area contributed by atoms with E-state index in [4.69, 9.17) is 4.74 Å². The largest absolute Gasteiger partial charge is 0.376 e. The zero-order valence-corrected chi connectivity index (χ0v) is 18.2. The van der Waals surface area contributed by atoms with Gasteiger partial charge in [-0.05, 0) is 37.8 Å². The minimum atomic E-state index is 0.0800. The molecule has 0 bridgehead atoms. The van der Waals surface area contributed by atoms with E-state index in [2.05, 4.69) is 27.3 Å². The Balaban J connectivity index is 1.33. The molecule has 3 rings (SSSR count). The van der Waals surface area contributed by atoms with Crippen LogP contribution in [0.5, 0.6) is 0 Å².